The van der Waals surface area contributed by atoms with E-state index in [9.17, 15) is 9.59 Å². The molecule has 1 atom stereocenters. The normalized spacial score (nSPS) is 18.4. The van der Waals surface area contributed by atoms with Crippen molar-refractivity contribution in [1.82, 2.24) is 15.5 Å². The molecule has 2 amide bonds. The molecule has 2 N–H and O–H groups in total. The molecule has 2 rings (SSSR count). The smallest absolute Gasteiger partial charge is 0.234 e. The van der Waals surface area contributed by atoms with Crippen molar-refractivity contribution in [2.75, 3.05) is 26.2 Å². The Bertz CT molecular complexity index is 504. The molecule has 1 unspecified atom stereocenters. The second-order valence-corrected chi connectivity index (χ2v) is 6.14. The largest absolute Gasteiger partial charge is 0.355 e. The number of carbonyl (C=O) groups is 2. The summed E-state index contributed by atoms with van der Waals surface area (Å²) in [7, 11) is 0. The minimum atomic E-state index is -0.0711. The van der Waals surface area contributed by atoms with Crippen molar-refractivity contribution in [3.63, 3.8) is 0 Å². The van der Waals surface area contributed by atoms with Crippen molar-refractivity contribution < 1.29 is 9.59 Å². The zero-order chi connectivity index (χ0) is 16.5. The molecule has 126 valence electrons. The molecule has 23 heavy (non-hydrogen) atoms. The van der Waals surface area contributed by atoms with Gasteiger partial charge in [0.1, 0.15) is 0 Å². The highest BCUT2D eigenvalue weighted by Crippen LogP contribution is 2.20. The van der Waals surface area contributed by atoms with Crippen LogP contribution in [0.4, 0.5) is 0 Å². The molecular formula is C18H27N3O2. The third-order valence-electron chi connectivity index (χ3n) is 4.23. The zero-order valence-corrected chi connectivity index (χ0v) is 13.9. The first-order chi connectivity index (χ1) is 11.1. The lowest BCUT2D eigenvalue weighted by Crippen LogP contribution is -2.47. The van der Waals surface area contributed by atoms with Gasteiger partial charge >= 0.3 is 0 Å². The molecular weight excluding hydrogens is 290 g/mol. The van der Waals surface area contributed by atoms with E-state index in [1.165, 1.54) is 18.9 Å². The monoisotopic (exact) mass is 317 g/mol. The number of amides is 2. The number of rotatable bonds is 7. The topological polar surface area (TPSA) is 61.4 Å². The number of carbonyl (C=O) groups excluding carboxylic acids is 2. The van der Waals surface area contributed by atoms with Crippen molar-refractivity contribution in [1.29, 1.82) is 0 Å². The maximum absolute atomic E-state index is 12.1. The summed E-state index contributed by atoms with van der Waals surface area (Å²) in [6, 6.07) is 10.9. The fraction of sp³-hybridized carbons (Fsp3) is 0.556. The van der Waals surface area contributed by atoms with Crippen LogP contribution in [0.25, 0.3) is 0 Å². The third kappa shape index (κ3) is 6.40. The molecule has 1 heterocycles. The van der Waals surface area contributed by atoms with E-state index in [0.29, 0.717) is 25.7 Å². The number of hydrogen-bond donors (Lipinski definition) is 2. The molecule has 0 radical (unpaired) electrons. The first kappa shape index (κ1) is 17.5. The summed E-state index contributed by atoms with van der Waals surface area (Å²) in [5.74, 6) is -0.0338. The van der Waals surface area contributed by atoms with Crippen LogP contribution in [0.1, 0.15) is 31.7 Å². The van der Waals surface area contributed by atoms with Crippen LogP contribution in [0.15, 0.2) is 30.3 Å². The van der Waals surface area contributed by atoms with Gasteiger partial charge in [0.15, 0.2) is 0 Å². The number of piperidine rings is 1. The van der Waals surface area contributed by atoms with E-state index in [1.807, 2.05) is 6.07 Å². The Balaban J connectivity index is 1.79. The van der Waals surface area contributed by atoms with Crippen LogP contribution in [-0.2, 0) is 16.0 Å². The minimum Gasteiger partial charge on any atom is -0.355 e. The molecule has 1 aliphatic heterocycles. The van der Waals surface area contributed by atoms with Gasteiger partial charge in [0, 0.05) is 26.1 Å². The highest BCUT2D eigenvalue weighted by Gasteiger charge is 2.24. The molecule has 0 spiro atoms. The van der Waals surface area contributed by atoms with Crippen molar-refractivity contribution in [3.05, 3.63) is 35.9 Å². The summed E-state index contributed by atoms with van der Waals surface area (Å²) in [6.45, 7) is 3.86. The van der Waals surface area contributed by atoms with Gasteiger partial charge in [-0.1, -0.05) is 36.8 Å². The maximum Gasteiger partial charge on any atom is 0.234 e. The number of nitrogens with one attached hydrogen (secondary N) is 2. The summed E-state index contributed by atoms with van der Waals surface area (Å²) in [6.07, 6.45) is 4.54. The molecule has 1 fully saturated rings. The molecule has 1 saturated heterocycles. The Morgan fingerprint density at radius 2 is 1.87 bits per heavy atom. The second-order valence-electron chi connectivity index (χ2n) is 6.14. The Labute approximate surface area is 138 Å². The molecule has 0 bridgehead atoms. The van der Waals surface area contributed by atoms with E-state index >= 15 is 0 Å². The Morgan fingerprint density at radius 1 is 1.13 bits per heavy atom. The van der Waals surface area contributed by atoms with Gasteiger partial charge in [-0.3, -0.25) is 14.5 Å². The van der Waals surface area contributed by atoms with Crippen LogP contribution in [0.3, 0.4) is 0 Å². The van der Waals surface area contributed by atoms with E-state index in [-0.39, 0.29) is 11.8 Å². The van der Waals surface area contributed by atoms with Gasteiger partial charge in [-0.05, 0) is 31.4 Å². The molecule has 5 heteroatoms. The summed E-state index contributed by atoms with van der Waals surface area (Å²) >= 11 is 0. The van der Waals surface area contributed by atoms with E-state index in [2.05, 4.69) is 39.8 Å². The lowest BCUT2D eigenvalue weighted by Gasteiger charge is -2.35. The molecule has 0 saturated carbocycles. The fourth-order valence-corrected chi connectivity index (χ4v) is 3.07. The van der Waals surface area contributed by atoms with Crippen molar-refractivity contribution >= 4 is 11.8 Å². The van der Waals surface area contributed by atoms with Crippen LogP contribution in [0, 0.1) is 0 Å². The number of nitrogens with zero attached hydrogens (tertiary/aromatic N) is 1. The van der Waals surface area contributed by atoms with Crippen LogP contribution in [-0.4, -0.2) is 48.9 Å². The maximum atomic E-state index is 12.1. The first-order valence-electron chi connectivity index (χ1n) is 8.44. The summed E-state index contributed by atoms with van der Waals surface area (Å²) in [4.78, 5) is 25.2. The lowest BCUT2D eigenvalue weighted by atomic mass is 9.95. The van der Waals surface area contributed by atoms with Gasteiger partial charge in [0.2, 0.25) is 11.8 Å². The van der Waals surface area contributed by atoms with Gasteiger partial charge in [0.05, 0.1) is 6.54 Å². The van der Waals surface area contributed by atoms with Crippen LogP contribution < -0.4 is 10.6 Å². The second kappa shape index (κ2) is 9.30. The van der Waals surface area contributed by atoms with Crippen LogP contribution in [0.5, 0.6) is 0 Å². The van der Waals surface area contributed by atoms with Gasteiger partial charge in [-0.2, -0.15) is 0 Å². The summed E-state index contributed by atoms with van der Waals surface area (Å²) < 4.78 is 0. The zero-order valence-electron chi connectivity index (χ0n) is 13.9. The first-order valence-corrected chi connectivity index (χ1v) is 8.44. The van der Waals surface area contributed by atoms with Crippen molar-refractivity contribution in [2.45, 2.75) is 38.6 Å². The lowest BCUT2D eigenvalue weighted by molar-refractivity contribution is -0.123. The Hall–Kier alpha value is -1.88. The molecule has 5 nitrogen and oxygen atoms in total. The van der Waals surface area contributed by atoms with Crippen molar-refractivity contribution in [3.8, 4) is 0 Å². The average molecular weight is 317 g/mol. The van der Waals surface area contributed by atoms with E-state index in [0.717, 1.165) is 25.8 Å². The van der Waals surface area contributed by atoms with E-state index < -0.39 is 0 Å². The van der Waals surface area contributed by atoms with Gasteiger partial charge in [0.25, 0.3) is 0 Å². The number of benzene rings is 1. The third-order valence-corrected chi connectivity index (χ3v) is 4.23. The molecule has 1 aromatic rings. The Kier molecular flexibility index (Phi) is 7.07. The SMILES string of the molecule is CC(=O)NCCNC(=O)CN1CCCCC1Cc1ccccc1. The minimum absolute atomic E-state index is 0.0373. The summed E-state index contributed by atoms with van der Waals surface area (Å²) in [5, 5.41) is 5.55. The average Bonchev–Trinajstić information content (AvgIpc) is 2.54. The van der Waals surface area contributed by atoms with Gasteiger partial charge in [-0.15, -0.1) is 0 Å². The molecule has 0 aromatic heterocycles. The highest BCUT2D eigenvalue weighted by molar-refractivity contribution is 5.78. The van der Waals surface area contributed by atoms with Crippen molar-refractivity contribution in [2.24, 2.45) is 0 Å². The molecule has 1 aliphatic rings. The predicted octanol–water partition coefficient (Wildman–Crippen LogP) is 1.34. The standard InChI is InChI=1S/C18H27N3O2/c1-15(22)19-10-11-20-18(23)14-21-12-6-5-9-17(21)13-16-7-3-2-4-8-16/h2-4,7-8,17H,5-6,9-14H2,1H3,(H,19,22)(H,20,23). The van der Waals surface area contributed by atoms with E-state index in [4.69, 9.17) is 0 Å². The summed E-state index contributed by atoms with van der Waals surface area (Å²) in [5.41, 5.74) is 1.33. The molecule has 1 aromatic carbocycles. The fourth-order valence-electron chi connectivity index (χ4n) is 3.07. The van der Waals surface area contributed by atoms with E-state index in [1.54, 1.807) is 0 Å². The molecule has 0 aliphatic carbocycles. The highest BCUT2D eigenvalue weighted by atomic mass is 16.2. The number of hydrogen-bond acceptors (Lipinski definition) is 3. The predicted molar refractivity (Wildman–Crippen MR) is 91.1 cm³/mol. The van der Waals surface area contributed by atoms with Crippen LogP contribution >= 0.6 is 0 Å². The number of likely N-dealkylation sites (tertiary alicyclic amines) is 1. The van der Waals surface area contributed by atoms with Crippen LogP contribution in [0.2, 0.25) is 0 Å². The Morgan fingerprint density at radius 3 is 2.61 bits per heavy atom. The van der Waals surface area contributed by atoms with Gasteiger partial charge in [-0.25, -0.2) is 0 Å². The van der Waals surface area contributed by atoms with Gasteiger partial charge < -0.3 is 10.6 Å². The quantitative estimate of drug-likeness (QED) is 0.746.